The van der Waals surface area contributed by atoms with Gasteiger partial charge in [0.1, 0.15) is 17.8 Å². The molecule has 0 bridgehead atoms. The highest BCUT2D eigenvalue weighted by Crippen LogP contribution is 2.11. The molecule has 2 rings (SSSR count). The highest BCUT2D eigenvalue weighted by Gasteiger charge is 2.28. The summed E-state index contributed by atoms with van der Waals surface area (Å²) in [6.45, 7) is 1.14. The highest BCUT2D eigenvalue weighted by atomic mass is 16.5. The van der Waals surface area contributed by atoms with E-state index in [-0.39, 0.29) is 43.4 Å². The average molecular weight is 556 g/mol. The number of methoxy groups -OCH3 is 1. The Labute approximate surface area is 234 Å². The van der Waals surface area contributed by atoms with Crippen LogP contribution in [0.25, 0.3) is 0 Å². The van der Waals surface area contributed by atoms with E-state index in [0.717, 1.165) is 11.1 Å². The molecule has 0 fully saturated rings. The molecule has 0 heterocycles. The van der Waals surface area contributed by atoms with Crippen molar-refractivity contribution in [1.82, 2.24) is 16.0 Å². The third kappa shape index (κ3) is 12.1. The Morgan fingerprint density at radius 1 is 0.875 bits per heavy atom. The molecule has 0 spiro atoms. The third-order valence-electron chi connectivity index (χ3n) is 6.05. The zero-order valence-electron chi connectivity index (χ0n) is 22.8. The maximum absolute atomic E-state index is 13.4. The molecule has 0 aliphatic carbocycles. The van der Waals surface area contributed by atoms with Crippen molar-refractivity contribution in [3.8, 4) is 5.75 Å². The van der Waals surface area contributed by atoms with Gasteiger partial charge in [0.2, 0.25) is 17.7 Å². The van der Waals surface area contributed by atoms with Crippen molar-refractivity contribution in [2.24, 2.45) is 22.2 Å². The second-order valence-corrected chi connectivity index (χ2v) is 9.38. The summed E-state index contributed by atoms with van der Waals surface area (Å²) in [6, 6.07) is 12.9. The minimum absolute atomic E-state index is 0.0750. The Hall–Kier alpha value is -4.16. The number of phenols is 1. The van der Waals surface area contributed by atoms with E-state index in [1.807, 2.05) is 30.3 Å². The van der Waals surface area contributed by atoms with E-state index >= 15 is 0 Å². The molecular formula is C28H41N7O5. The fraction of sp³-hybridized carbons (Fsp3) is 0.429. The Balaban J connectivity index is 2.14. The average Bonchev–Trinajstić information content (AvgIpc) is 2.93. The van der Waals surface area contributed by atoms with Gasteiger partial charge in [0, 0.05) is 33.2 Å². The molecule has 2 aromatic carbocycles. The Morgan fingerprint density at radius 2 is 1.52 bits per heavy atom. The summed E-state index contributed by atoms with van der Waals surface area (Å²) >= 11 is 0. The van der Waals surface area contributed by atoms with Gasteiger partial charge in [-0.25, -0.2) is 0 Å². The van der Waals surface area contributed by atoms with Crippen LogP contribution >= 0.6 is 0 Å². The fourth-order valence-corrected chi connectivity index (χ4v) is 3.91. The van der Waals surface area contributed by atoms with Crippen LogP contribution in [-0.2, 0) is 32.0 Å². The first-order chi connectivity index (χ1) is 19.2. The Kier molecular flexibility index (Phi) is 14.0. The van der Waals surface area contributed by atoms with Gasteiger partial charge < -0.3 is 43.0 Å². The number of nitrogens with two attached hydrogens (primary N) is 3. The number of ether oxygens (including phenoxy) is 1. The van der Waals surface area contributed by atoms with Crippen molar-refractivity contribution in [1.29, 1.82) is 0 Å². The molecule has 3 atom stereocenters. The first-order valence-electron chi connectivity index (χ1n) is 13.2. The molecule has 0 aliphatic rings. The molecule has 0 aromatic heterocycles. The lowest BCUT2D eigenvalue weighted by Gasteiger charge is -2.24. The molecule has 0 unspecified atom stereocenters. The number of guanidine groups is 1. The summed E-state index contributed by atoms with van der Waals surface area (Å²) in [4.78, 5) is 43.3. The summed E-state index contributed by atoms with van der Waals surface area (Å²) in [7, 11) is 1.58. The quantitative estimate of drug-likeness (QED) is 0.0780. The lowest BCUT2D eigenvalue weighted by molar-refractivity contribution is -0.132. The smallest absolute Gasteiger partial charge is 0.243 e. The Bertz CT molecular complexity index is 1090. The van der Waals surface area contributed by atoms with Crippen molar-refractivity contribution in [2.45, 2.75) is 50.2 Å². The normalized spacial score (nSPS) is 12.9. The molecule has 40 heavy (non-hydrogen) atoms. The molecule has 0 saturated heterocycles. The van der Waals surface area contributed by atoms with Crippen LogP contribution in [0.3, 0.4) is 0 Å². The number of aromatic hydroxyl groups is 1. The number of rotatable bonds is 17. The van der Waals surface area contributed by atoms with Crippen LogP contribution in [0.15, 0.2) is 59.6 Å². The minimum atomic E-state index is -0.980. The molecule has 12 heteroatoms. The number of nitrogens with one attached hydrogen (secondary N) is 3. The van der Waals surface area contributed by atoms with Crippen LogP contribution in [0.2, 0.25) is 0 Å². The summed E-state index contributed by atoms with van der Waals surface area (Å²) in [5.74, 6) is -1.37. The lowest BCUT2D eigenvalue weighted by atomic mass is 10.0. The third-order valence-corrected chi connectivity index (χ3v) is 6.05. The van der Waals surface area contributed by atoms with Crippen LogP contribution in [0.1, 0.15) is 30.4 Å². The monoisotopic (exact) mass is 555 g/mol. The van der Waals surface area contributed by atoms with Crippen LogP contribution in [-0.4, -0.2) is 73.7 Å². The largest absolute Gasteiger partial charge is 0.508 e. The van der Waals surface area contributed by atoms with E-state index in [1.165, 1.54) is 12.1 Å². The lowest BCUT2D eigenvalue weighted by Crippen LogP contribution is -2.56. The number of benzene rings is 2. The topological polar surface area (TPSA) is 207 Å². The van der Waals surface area contributed by atoms with E-state index in [1.54, 1.807) is 19.2 Å². The summed E-state index contributed by atoms with van der Waals surface area (Å²) in [5, 5.41) is 17.8. The number of carbonyl (C=O) groups is 3. The van der Waals surface area contributed by atoms with Crippen LogP contribution in [0.5, 0.6) is 5.75 Å². The summed E-state index contributed by atoms with van der Waals surface area (Å²) < 4.78 is 5.03. The summed E-state index contributed by atoms with van der Waals surface area (Å²) in [5.41, 5.74) is 18.5. The van der Waals surface area contributed by atoms with Gasteiger partial charge in [-0.05, 0) is 48.9 Å². The molecular weight excluding hydrogens is 514 g/mol. The van der Waals surface area contributed by atoms with Crippen molar-refractivity contribution < 1.29 is 24.2 Å². The number of nitrogens with zero attached hydrogens (tertiary/aromatic N) is 1. The first kappa shape index (κ1) is 32.1. The van der Waals surface area contributed by atoms with Crippen molar-refractivity contribution in [3.05, 3.63) is 65.7 Å². The second kappa shape index (κ2) is 17.4. The maximum Gasteiger partial charge on any atom is 0.243 e. The van der Waals surface area contributed by atoms with Crippen LogP contribution in [0, 0.1) is 0 Å². The van der Waals surface area contributed by atoms with Crippen LogP contribution < -0.4 is 33.2 Å². The fourth-order valence-electron chi connectivity index (χ4n) is 3.91. The van der Waals surface area contributed by atoms with Crippen molar-refractivity contribution in [2.75, 3.05) is 26.8 Å². The van der Waals surface area contributed by atoms with Crippen LogP contribution in [0.4, 0.5) is 0 Å². The summed E-state index contributed by atoms with van der Waals surface area (Å²) in [6.07, 6.45) is 1.70. The van der Waals surface area contributed by atoms with Crippen molar-refractivity contribution >= 4 is 23.7 Å². The van der Waals surface area contributed by atoms with E-state index in [0.29, 0.717) is 26.0 Å². The van der Waals surface area contributed by atoms with Gasteiger partial charge in [0.15, 0.2) is 5.96 Å². The molecule has 0 aliphatic heterocycles. The van der Waals surface area contributed by atoms with Gasteiger partial charge in [-0.15, -0.1) is 0 Å². The van der Waals surface area contributed by atoms with E-state index in [4.69, 9.17) is 21.9 Å². The molecule has 3 amide bonds. The molecule has 10 N–H and O–H groups in total. The number of hydrogen-bond donors (Lipinski definition) is 7. The Morgan fingerprint density at radius 3 is 2.17 bits per heavy atom. The van der Waals surface area contributed by atoms with Gasteiger partial charge in [-0.1, -0.05) is 42.5 Å². The van der Waals surface area contributed by atoms with Crippen molar-refractivity contribution in [3.63, 3.8) is 0 Å². The zero-order valence-corrected chi connectivity index (χ0v) is 22.8. The number of carbonyl (C=O) groups excluding carboxylic acids is 3. The maximum atomic E-state index is 13.4. The molecule has 0 radical (unpaired) electrons. The van der Waals surface area contributed by atoms with Gasteiger partial charge in [-0.2, -0.15) is 0 Å². The van der Waals surface area contributed by atoms with Gasteiger partial charge in [0.25, 0.3) is 0 Å². The standard InChI is InChI=1S/C28H41N7O5/c1-40-16-6-15-32-26(38)24(18-19-7-3-2-4-8-19)35-27(39)23(9-5-14-33-28(30)31)34-25(37)22(29)17-20-10-12-21(36)13-11-20/h2-4,7-8,10-13,22-24,36H,5-6,9,14-18,29H2,1H3,(H,32,38)(H,34,37)(H,35,39)(H4,30,31,33)/t22-,23+,24-/m0/s1. The minimum Gasteiger partial charge on any atom is -0.508 e. The number of aliphatic imine (C=N–C) groups is 1. The molecule has 12 nitrogen and oxygen atoms in total. The van der Waals surface area contributed by atoms with E-state index < -0.39 is 29.9 Å². The molecule has 2 aromatic rings. The van der Waals surface area contributed by atoms with E-state index in [9.17, 15) is 19.5 Å². The van der Waals surface area contributed by atoms with E-state index in [2.05, 4.69) is 20.9 Å². The van der Waals surface area contributed by atoms with Gasteiger partial charge in [-0.3, -0.25) is 19.4 Å². The first-order valence-corrected chi connectivity index (χ1v) is 13.2. The molecule has 218 valence electrons. The number of amides is 3. The molecule has 0 saturated carbocycles. The zero-order chi connectivity index (χ0) is 29.3. The van der Waals surface area contributed by atoms with Gasteiger partial charge >= 0.3 is 0 Å². The second-order valence-electron chi connectivity index (χ2n) is 9.38. The predicted molar refractivity (Wildman–Crippen MR) is 153 cm³/mol. The predicted octanol–water partition coefficient (Wildman–Crippen LogP) is -0.319. The van der Waals surface area contributed by atoms with Gasteiger partial charge in [0.05, 0.1) is 6.04 Å². The highest BCUT2D eigenvalue weighted by molar-refractivity contribution is 5.93. The SMILES string of the molecule is COCCCNC(=O)[C@H](Cc1ccccc1)NC(=O)[C@@H](CCCN=C(N)N)NC(=O)[C@@H](N)Cc1ccc(O)cc1. The number of hydrogen-bond acceptors (Lipinski definition) is 7. The number of phenolic OH excluding ortho intramolecular Hbond substituents is 1.